The molecule has 3 aromatic rings. The molecule has 0 saturated carbocycles. The van der Waals surface area contributed by atoms with E-state index in [9.17, 15) is 31.0 Å². The van der Waals surface area contributed by atoms with E-state index in [0.29, 0.717) is 5.39 Å². The maximum absolute atomic E-state index is 12.1. The molecule has 140 valence electrons. The molecule has 0 heterocycles. The van der Waals surface area contributed by atoms with Gasteiger partial charge in [0.15, 0.2) is 0 Å². The van der Waals surface area contributed by atoms with Crippen molar-refractivity contribution in [3.8, 4) is 5.75 Å². The van der Waals surface area contributed by atoms with Crippen molar-refractivity contribution in [3.05, 3.63) is 54.6 Å². The van der Waals surface area contributed by atoms with Crippen LogP contribution in [0.15, 0.2) is 74.6 Å². The van der Waals surface area contributed by atoms with Crippen molar-refractivity contribution in [2.45, 2.75) is 9.79 Å². The number of hydrogen-bond acceptors (Lipinski definition) is 9. The zero-order chi connectivity index (χ0) is 19.8. The second-order valence-corrected chi connectivity index (χ2v) is 8.16. The third-order valence-corrected chi connectivity index (χ3v) is 5.29. The molecule has 0 aromatic heterocycles. The van der Waals surface area contributed by atoms with E-state index < -0.39 is 35.8 Å². The van der Waals surface area contributed by atoms with Gasteiger partial charge in [0.1, 0.15) is 20.2 Å². The van der Waals surface area contributed by atoms with Gasteiger partial charge in [0.25, 0.3) is 0 Å². The van der Waals surface area contributed by atoms with Crippen molar-refractivity contribution >= 4 is 42.4 Å². The number of azo groups is 1. The average molecular weight is 428 g/mol. The summed E-state index contributed by atoms with van der Waals surface area (Å²) < 4.78 is 66.0. The van der Waals surface area contributed by atoms with Crippen LogP contribution in [0.1, 0.15) is 0 Å². The Bertz CT molecular complexity index is 1270. The molecule has 3 rings (SSSR count). The summed E-state index contributed by atoms with van der Waals surface area (Å²) >= 11 is 0. The fourth-order valence-corrected chi connectivity index (χ4v) is 3.29. The second kappa shape index (κ2) is 8.25. The first kappa shape index (κ1) is 22.4. The van der Waals surface area contributed by atoms with Crippen LogP contribution in [0.25, 0.3) is 10.8 Å². The Morgan fingerprint density at radius 1 is 0.714 bits per heavy atom. The van der Waals surface area contributed by atoms with Gasteiger partial charge < -0.3 is 14.2 Å². The quantitative estimate of drug-likeness (QED) is 0.297. The maximum atomic E-state index is 12.1. The summed E-state index contributed by atoms with van der Waals surface area (Å²) in [5.41, 5.74) is 0.112. The number of hydrogen-bond donors (Lipinski definition) is 0. The smallest absolute Gasteiger partial charge is 0.871 e. The number of fused-ring (bicyclic) bond motifs is 1. The van der Waals surface area contributed by atoms with Gasteiger partial charge in [-0.25, -0.2) is 16.8 Å². The monoisotopic (exact) mass is 428 g/mol. The normalized spacial score (nSPS) is 12.2. The Hall–Kier alpha value is -1.86. The number of rotatable bonds is 4. The molecule has 3 aromatic carbocycles. The summed E-state index contributed by atoms with van der Waals surface area (Å²) in [7, 11) is -9.23. The Kier molecular flexibility index (Phi) is 6.61. The first-order valence-corrected chi connectivity index (χ1v) is 10.0. The molecule has 28 heavy (non-hydrogen) atoms. The minimum Gasteiger partial charge on any atom is -0.871 e. The molecular formula is C16H9N2NaO7S2-2. The van der Waals surface area contributed by atoms with Gasteiger partial charge in [0.2, 0.25) is 0 Å². The topological polar surface area (TPSA) is 162 Å². The van der Waals surface area contributed by atoms with Crippen molar-refractivity contribution < 1.29 is 60.6 Å². The third-order valence-electron chi connectivity index (χ3n) is 3.61. The fourth-order valence-electron chi connectivity index (χ4n) is 2.32. The molecule has 0 radical (unpaired) electrons. The van der Waals surface area contributed by atoms with Crippen LogP contribution in [0, 0.1) is 0 Å². The van der Waals surface area contributed by atoms with E-state index in [-0.39, 0.29) is 46.3 Å². The summed E-state index contributed by atoms with van der Waals surface area (Å²) in [4.78, 5) is -0.867. The van der Waals surface area contributed by atoms with Crippen molar-refractivity contribution in [1.29, 1.82) is 0 Å². The van der Waals surface area contributed by atoms with Gasteiger partial charge >= 0.3 is 29.6 Å². The molecule has 0 aliphatic heterocycles. The molecule has 0 saturated heterocycles. The van der Waals surface area contributed by atoms with Gasteiger partial charge in [-0.3, -0.25) is 0 Å². The van der Waals surface area contributed by atoms with Gasteiger partial charge in [0, 0.05) is 5.39 Å². The molecule has 0 fully saturated rings. The van der Waals surface area contributed by atoms with Gasteiger partial charge in [-0.05, 0) is 41.8 Å². The van der Waals surface area contributed by atoms with E-state index in [4.69, 9.17) is 0 Å². The SMILES string of the molecule is O=S(=O)([O-])c1ccc(N=Nc2c([O-])ccc3cc(S(=O)(=O)[O-])ccc23)cc1.[Na+]. The zero-order valence-electron chi connectivity index (χ0n) is 14.3. The van der Waals surface area contributed by atoms with E-state index >= 15 is 0 Å². The summed E-state index contributed by atoms with van der Waals surface area (Å²) in [6, 6.07) is 10.6. The van der Waals surface area contributed by atoms with E-state index in [1.54, 1.807) is 0 Å². The molecule has 0 aliphatic carbocycles. The minimum atomic E-state index is -4.65. The van der Waals surface area contributed by atoms with Crippen LogP contribution in [0.3, 0.4) is 0 Å². The molecule has 0 aliphatic rings. The summed E-state index contributed by atoms with van der Waals surface area (Å²) in [5.74, 6) is -0.484. The van der Waals surface area contributed by atoms with Crippen LogP contribution in [0.5, 0.6) is 5.75 Å². The molecule has 0 spiro atoms. The molecule has 0 amide bonds. The molecule has 0 bridgehead atoms. The largest absolute Gasteiger partial charge is 1.00 e. The molecule has 0 N–H and O–H groups in total. The molecule has 0 unspecified atom stereocenters. The van der Waals surface area contributed by atoms with Crippen LogP contribution in [-0.2, 0) is 20.2 Å². The fraction of sp³-hybridized carbons (Fsp3) is 0. The van der Waals surface area contributed by atoms with E-state index in [2.05, 4.69) is 10.2 Å². The Morgan fingerprint density at radius 3 is 1.86 bits per heavy atom. The van der Waals surface area contributed by atoms with Gasteiger partial charge in [0.05, 0.1) is 21.2 Å². The maximum Gasteiger partial charge on any atom is 1.00 e. The predicted molar refractivity (Wildman–Crippen MR) is 89.9 cm³/mol. The Morgan fingerprint density at radius 2 is 1.29 bits per heavy atom. The van der Waals surface area contributed by atoms with Gasteiger partial charge in [-0.15, -0.1) is 0 Å². The zero-order valence-corrected chi connectivity index (χ0v) is 17.9. The van der Waals surface area contributed by atoms with Crippen molar-refractivity contribution in [3.63, 3.8) is 0 Å². The van der Waals surface area contributed by atoms with Crippen LogP contribution >= 0.6 is 0 Å². The molecule has 9 nitrogen and oxygen atoms in total. The molecule has 12 heteroatoms. The Balaban J connectivity index is 0.00000280. The minimum absolute atomic E-state index is 0. The first-order valence-electron chi connectivity index (χ1n) is 7.23. The van der Waals surface area contributed by atoms with E-state index in [0.717, 1.165) is 30.3 Å². The summed E-state index contributed by atoms with van der Waals surface area (Å²) in [5, 5.41) is 20.3. The van der Waals surface area contributed by atoms with Gasteiger partial charge in [-0.2, -0.15) is 10.2 Å². The van der Waals surface area contributed by atoms with Crippen molar-refractivity contribution in [1.82, 2.24) is 0 Å². The van der Waals surface area contributed by atoms with Crippen molar-refractivity contribution in [2.75, 3.05) is 0 Å². The molecule has 0 atom stereocenters. The third kappa shape index (κ3) is 4.94. The Labute approximate surface area is 182 Å². The second-order valence-electron chi connectivity index (χ2n) is 5.40. The predicted octanol–water partition coefficient (Wildman–Crippen LogP) is -0.859. The van der Waals surface area contributed by atoms with Gasteiger partial charge in [-0.1, -0.05) is 23.9 Å². The summed E-state index contributed by atoms with van der Waals surface area (Å²) in [6.07, 6.45) is 0. The van der Waals surface area contributed by atoms with E-state index in [1.165, 1.54) is 24.3 Å². The van der Waals surface area contributed by atoms with E-state index in [1.807, 2.05) is 0 Å². The van der Waals surface area contributed by atoms with Crippen LogP contribution < -0.4 is 34.7 Å². The van der Waals surface area contributed by atoms with Crippen LogP contribution in [0.2, 0.25) is 0 Å². The number of benzene rings is 3. The first-order chi connectivity index (χ1) is 12.6. The number of nitrogens with zero attached hydrogens (tertiary/aromatic N) is 2. The van der Waals surface area contributed by atoms with Crippen LogP contribution in [0.4, 0.5) is 11.4 Å². The standard InChI is InChI=1S/C16H12N2O7S2.Na/c19-15-8-1-10-9-13(27(23,24)25)6-7-14(10)16(15)18-17-11-2-4-12(5-3-11)26(20,21)22;/h1-9,19H,(H,20,21,22)(H,23,24,25);/q;+1/p-3. The van der Waals surface area contributed by atoms with Crippen LogP contribution in [-0.4, -0.2) is 25.9 Å². The summed E-state index contributed by atoms with van der Waals surface area (Å²) in [6.45, 7) is 0. The van der Waals surface area contributed by atoms with Crippen molar-refractivity contribution in [2.24, 2.45) is 10.2 Å². The average Bonchev–Trinajstić information content (AvgIpc) is 2.59. The molecular weight excluding hydrogens is 419 g/mol.